The Morgan fingerprint density at radius 1 is 1.23 bits per heavy atom. The minimum absolute atomic E-state index is 0.139. The van der Waals surface area contributed by atoms with Gasteiger partial charge in [-0.3, -0.25) is 4.72 Å². The molecule has 0 spiro atoms. The molecule has 1 aromatic rings. The summed E-state index contributed by atoms with van der Waals surface area (Å²) in [5.74, 6) is 0.696. The van der Waals surface area contributed by atoms with Crippen molar-refractivity contribution >= 4 is 21.4 Å². The Morgan fingerprint density at radius 2 is 1.95 bits per heavy atom. The van der Waals surface area contributed by atoms with Crippen molar-refractivity contribution in [3.8, 4) is 5.75 Å². The SMILES string of the molecule is CCCCS(=O)(=O)Nc1cc(N2CCCCC2)ccc1OC. The Labute approximate surface area is 133 Å². The fourth-order valence-corrected chi connectivity index (χ4v) is 3.94. The zero-order valence-electron chi connectivity index (χ0n) is 13.5. The normalized spacial score (nSPS) is 15.6. The number of sulfonamides is 1. The number of nitrogens with one attached hydrogen (secondary N) is 1. The van der Waals surface area contributed by atoms with Crippen LogP contribution >= 0.6 is 0 Å². The van der Waals surface area contributed by atoms with Gasteiger partial charge in [-0.15, -0.1) is 0 Å². The van der Waals surface area contributed by atoms with Gasteiger partial charge in [-0.05, 0) is 43.9 Å². The van der Waals surface area contributed by atoms with Crippen LogP contribution in [0, 0.1) is 0 Å². The number of ether oxygens (including phenoxy) is 1. The van der Waals surface area contributed by atoms with E-state index in [1.54, 1.807) is 7.11 Å². The minimum Gasteiger partial charge on any atom is -0.495 e. The third kappa shape index (κ3) is 4.53. The predicted octanol–water partition coefficient (Wildman–Crippen LogP) is 3.23. The van der Waals surface area contributed by atoms with Crippen LogP contribution in [-0.2, 0) is 10.0 Å². The number of hydrogen-bond donors (Lipinski definition) is 1. The molecule has 1 aliphatic rings. The summed E-state index contributed by atoms with van der Waals surface area (Å²) in [4.78, 5) is 2.30. The second-order valence-corrected chi connectivity index (χ2v) is 7.55. The van der Waals surface area contributed by atoms with E-state index in [1.165, 1.54) is 19.3 Å². The summed E-state index contributed by atoms with van der Waals surface area (Å²) in [6.45, 7) is 4.02. The molecule has 1 aliphatic heterocycles. The van der Waals surface area contributed by atoms with Crippen molar-refractivity contribution in [2.75, 3.05) is 35.6 Å². The fourth-order valence-electron chi connectivity index (χ4n) is 2.68. The Bertz CT molecular complexity index is 581. The number of benzene rings is 1. The highest BCUT2D eigenvalue weighted by Gasteiger charge is 2.16. The smallest absolute Gasteiger partial charge is 0.232 e. The molecule has 1 fully saturated rings. The van der Waals surface area contributed by atoms with Crippen molar-refractivity contribution in [1.29, 1.82) is 0 Å². The van der Waals surface area contributed by atoms with Crippen LogP contribution in [0.25, 0.3) is 0 Å². The number of nitrogens with zero attached hydrogens (tertiary/aromatic N) is 1. The van der Waals surface area contributed by atoms with Gasteiger partial charge >= 0.3 is 0 Å². The van der Waals surface area contributed by atoms with E-state index in [9.17, 15) is 8.42 Å². The average Bonchev–Trinajstić information content (AvgIpc) is 2.53. The lowest BCUT2D eigenvalue weighted by Crippen LogP contribution is -2.29. The molecule has 1 aromatic carbocycles. The number of unbranched alkanes of at least 4 members (excludes halogenated alkanes) is 1. The van der Waals surface area contributed by atoms with Gasteiger partial charge < -0.3 is 9.64 Å². The van der Waals surface area contributed by atoms with E-state index in [0.29, 0.717) is 17.9 Å². The van der Waals surface area contributed by atoms with Gasteiger partial charge in [0.1, 0.15) is 5.75 Å². The molecule has 0 aromatic heterocycles. The van der Waals surface area contributed by atoms with E-state index in [0.717, 1.165) is 25.2 Å². The van der Waals surface area contributed by atoms with Gasteiger partial charge in [-0.2, -0.15) is 0 Å². The van der Waals surface area contributed by atoms with Gasteiger partial charge in [-0.25, -0.2) is 8.42 Å². The second kappa shape index (κ2) is 7.72. The first-order chi connectivity index (χ1) is 10.6. The number of anilines is 2. The maximum Gasteiger partial charge on any atom is 0.232 e. The molecular formula is C16H26N2O3S. The monoisotopic (exact) mass is 326 g/mol. The van der Waals surface area contributed by atoms with Gasteiger partial charge in [0.05, 0.1) is 18.6 Å². The topological polar surface area (TPSA) is 58.6 Å². The molecular weight excluding hydrogens is 300 g/mol. The summed E-state index contributed by atoms with van der Waals surface area (Å²) in [6, 6.07) is 5.71. The lowest BCUT2D eigenvalue weighted by molar-refractivity contribution is 0.417. The van der Waals surface area contributed by atoms with Crippen molar-refractivity contribution in [2.24, 2.45) is 0 Å². The van der Waals surface area contributed by atoms with Gasteiger partial charge in [0.15, 0.2) is 0 Å². The van der Waals surface area contributed by atoms with E-state index in [2.05, 4.69) is 9.62 Å². The van der Waals surface area contributed by atoms with Crippen molar-refractivity contribution in [2.45, 2.75) is 39.0 Å². The molecule has 0 amide bonds. The molecule has 0 bridgehead atoms. The summed E-state index contributed by atoms with van der Waals surface area (Å²) in [5.41, 5.74) is 1.58. The molecule has 0 aliphatic carbocycles. The predicted molar refractivity (Wildman–Crippen MR) is 91.4 cm³/mol. The fraction of sp³-hybridized carbons (Fsp3) is 0.625. The zero-order chi connectivity index (χ0) is 16.0. The number of piperidine rings is 1. The molecule has 1 N–H and O–H groups in total. The van der Waals surface area contributed by atoms with Gasteiger partial charge in [0.25, 0.3) is 0 Å². The first-order valence-corrected chi connectivity index (χ1v) is 9.64. The molecule has 124 valence electrons. The largest absolute Gasteiger partial charge is 0.495 e. The van der Waals surface area contributed by atoms with E-state index in [-0.39, 0.29) is 5.75 Å². The highest BCUT2D eigenvalue weighted by molar-refractivity contribution is 7.92. The zero-order valence-corrected chi connectivity index (χ0v) is 14.3. The van der Waals surface area contributed by atoms with Crippen LogP contribution in [-0.4, -0.2) is 34.4 Å². The summed E-state index contributed by atoms with van der Waals surface area (Å²) in [5, 5.41) is 0. The van der Waals surface area contributed by atoms with Gasteiger partial charge in [0.2, 0.25) is 10.0 Å². The average molecular weight is 326 g/mol. The van der Waals surface area contributed by atoms with Crippen LogP contribution in [0.15, 0.2) is 18.2 Å². The Balaban J connectivity index is 2.20. The van der Waals surface area contributed by atoms with E-state index in [1.807, 2.05) is 25.1 Å². The third-order valence-corrected chi connectivity index (χ3v) is 5.29. The molecule has 0 unspecified atom stereocenters. The molecule has 2 rings (SSSR count). The van der Waals surface area contributed by atoms with Gasteiger partial charge in [-0.1, -0.05) is 13.3 Å². The molecule has 1 saturated heterocycles. The summed E-state index contributed by atoms with van der Waals surface area (Å²) in [6.07, 6.45) is 5.14. The number of rotatable bonds is 7. The maximum absolute atomic E-state index is 12.1. The lowest BCUT2D eigenvalue weighted by atomic mass is 10.1. The second-order valence-electron chi connectivity index (χ2n) is 5.71. The van der Waals surface area contributed by atoms with Crippen molar-refractivity contribution in [1.82, 2.24) is 0 Å². The van der Waals surface area contributed by atoms with Crippen LogP contribution in [0.3, 0.4) is 0 Å². The van der Waals surface area contributed by atoms with Crippen LogP contribution in [0.2, 0.25) is 0 Å². The van der Waals surface area contributed by atoms with E-state index >= 15 is 0 Å². The van der Waals surface area contributed by atoms with E-state index < -0.39 is 10.0 Å². The number of hydrogen-bond acceptors (Lipinski definition) is 4. The van der Waals surface area contributed by atoms with Crippen molar-refractivity contribution < 1.29 is 13.2 Å². The molecule has 1 heterocycles. The summed E-state index contributed by atoms with van der Waals surface area (Å²) in [7, 11) is -1.77. The quantitative estimate of drug-likeness (QED) is 0.836. The van der Waals surface area contributed by atoms with Crippen molar-refractivity contribution in [3.63, 3.8) is 0 Å². The third-order valence-electron chi connectivity index (χ3n) is 3.94. The van der Waals surface area contributed by atoms with Crippen LogP contribution in [0.5, 0.6) is 5.75 Å². The molecule has 6 heteroatoms. The van der Waals surface area contributed by atoms with Crippen LogP contribution in [0.4, 0.5) is 11.4 Å². The van der Waals surface area contributed by atoms with Gasteiger partial charge in [0, 0.05) is 18.8 Å². The lowest BCUT2D eigenvalue weighted by Gasteiger charge is -2.29. The standard InChI is InChI=1S/C16H26N2O3S/c1-3-4-12-22(19,20)17-15-13-14(8-9-16(15)21-2)18-10-6-5-7-11-18/h8-9,13,17H,3-7,10-12H2,1-2H3. The van der Waals surface area contributed by atoms with E-state index in [4.69, 9.17) is 4.74 Å². The highest BCUT2D eigenvalue weighted by atomic mass is 32.2. The molecule has 0 radical (unpaired) electrons. The summed E-state index contributed by atoms with van der Waals surface area (Å²) < 4.78 is 32.2. The van der Waals surface area contributed by atoms with Crippen LogP contribution < -0.4 is 14.4 Å². The highest BCUT2D eigenvalue weighted by Crippen LogP contribution is 2.31. The Hall–Kier alpha value is -1.43. The Kier molecular flexibility index (Phi) is 5.94. The molecule has 0 atom stereocenters. The molecule has 22 heavy (non-hydrogen) atoms. The first kappa shape index (κ1) is 16.9. The van der Waals surface area contributed by atoms with Crippen LogP contribution in [0.1, 0.15) is 39.0 Å². The maximum atomic E-state index is 12.1. The Morgan fingerprint density at radius 3 is 2.59 bits per heavy atom. The summed E-state index contributed by atoms with van der Waals surface area (Å²) >= 11 is 0. The molecule has 5 nitrogen and oxygen atoms in total. The number of methoxy groups -OCH3 is 1. The first-order valence-electron chi connectivity index (χ1n) is 7.99. The minimum atomic E-state index is -3.33. The molecule has 0 saturated carbocycles. The van der Waals surface area contributed by atoms with Crippen molar-refractivity contribution in [3.05, 3.63) is 18.2 Å².